The molecule has 1 aromatic heterocycles. The highest BCUT2D eigenvalue weighted by Gasteiger charge is 2.13. The Balaban J connectivity index is 1.82. The second kappa shape index (κ2) is 9.82. The Bertz CT molecular complexity index is 979. The van der Waals surface area contributed by atoms with E-state index in [9.17, 15) is 4.79 Å². The number of nitrogens with zero attached hydrogens (tertiary/aromatic N) is 3. The van der Waals surface area contributed by atoms with Gasteiger partial charge in [0.1, 0.15) is 12.4 Å². The van der Waals surface area contributed by atoms with E-state index >= 15 is 0 Å². The SMILES string of the molecule is CCSCn1c(Nc2ccc(Cl)cc2)nnc(COc2ccc(Cl)cc2)c1=O. The first-order chi connectivity index (χ1) is 13.6. The molecule has 2 aromatic carbocycles. The van der Waals surface area contributed by atoms with E-state index < -0.39 is 0 Å². The lowest BCUT2D eigenvalue weighted by atomic mass is 10.3. The zero-order valence-corrected chi connectivity index (χ0v) is 17.4. The normalized spacial score (nSPS) is 10.7. The van der Waals surface area contributed by atoms with Crippen molar-refractivity contribution < 1.29 is 4.74 Å². The summed E-state index contributed by atoms with van der Waals surface area (Å²) < 4.78 is 7.19. The van der Waals surface area contributed by atoms with Gasteiger partial charge in [0.25, 0.3) is 5.56 Å². The van der Waals surface area contributed by atoms with Gasteiger partial charge in [0.2, 0.25) is 5.95 Å². The van der Waals surface area contributed by atoms with E-state index in [1.807, 2.05) is 19.1 Å². The molecular weight excluding hydrogens is 419 g/mol. The summed E-state index contributed by atoms with van der Waals surface area (Å²) >= 11 is 13.4. The van der Waals surface area contributed by atoms with Crippen molar-refractivity contribution in [2.75, 3.05) is 11.1 Å². The second-order valence-corrected chi connectivity index (χ2v) is 7.82. The largest absolute Gasteiger partial charge is 0.487 e. The van der Waals surface area contributed by atoms with Gasteiger partial charge in [-0.15, -0.1) is 22.0 Å². The van der Waals surface area contributed by atoms with E-state index in [4.69, 9.17) is 27.9 Å². The third kappa shape index (κ3) is 5.41. The number of ether oxygens (including phenoxy) is 1. The van der Waals surface area contributed by atoms with Gasteiger partial charge in [0.05, 0.1) is 5.88 Å². The van der Waals surface area contributed by atoms with Gasteiger partial charge in [-0.05, 0) is 54.3 Å². The highest BCUT2D eigenvalue weighted by Crippen LogP contribution is 2.19. The van der Waals surface area contributed by atoms with Crippen LogP contribution >= 0.6 is 35.0 Å². The molecule has 0 bridgehead atoms. The summed E-state index contributed by atoms with van der Waals surface area (Å²) in [4.78, 5) is 12.9. The fourth-order valence-corrected chi connectivity index (χ4v) is 3.14. The smallest absolute Gasteiger partial charge is 0.281 e. The molecule has 0 aliphatic rings. The van der Waals surface area contributed by atoms with Crippen molar-refractivity contribution >= 4 is 46.6 Å². The van der Waals surface area contributed by atoms with Crippen molar-refractivity contribution in [2.24, 2.45) is 0 Å². The Morgan fingerprint density at radius 2 is 1.68 bits per heavy atom. The minimum absolute atomic E-state index is 0.0193. The van der Waals surface area contributed by atoms with E-state index in [1.54, 1.807) is 52.7 Å². The standard InChI is InChI=1S/C19H18Cl2N4O2S/c1-2-28-12-25-18(26)17(11-27-16-9-5-14(21)6-10-16)23-24-19(25)22-15-7-3-13(20)4-8-15/h3-10H,2,11-12H2,1H3,(H,22,24). The molecule has 146 valence electrons. The van der Waals surface area contributed by atoms with Crippen LogP contribution in [0.25, 0.3) is 0 Å². The molecule has 9 heteroatoms. The molecule has 1 heterocycles. The van der Waals surface area contributed by atoms with Crippen LogP contribution in [-0.2, 0) is 12.5 Å². The van der Waals surface area contributed by atoms with Crippen molar-refractivity contribution in [1.29, 1.82) is 0 Å². The molecule has 0 radical (unpaired) electrons. The first-order valence-corrected chi connectivity index (χ1v) is 10.4. The quantitative estimate of drug-likeness (QED) is 0.536. The average molecular weight is 437 g/mol. The maximum atomic E-state index is 12.9. The monoisotopic (exact) mass is 436 g/mol. The molecule has 3 aromatic rings. The highest BCUT2D eigenvalue weighted by molar-refractivity contribution is 7.98. The number of anilines is 2. The molecule has 0 unspecified atom stereocenters. The molecule has 0 amide bonds. The molecule has 0 aliphatic carbocycles. The van der Waals surface area contributed by atoms with Crippen molar-refractivity contribution in [1.82, 2.24) is 14.8 Å². The third-order valence-electron chi connectivity index (χ3n) is 3.73. The molecule has 28 heavy (non-hydrogen) atoms. The molecule has 3 rings (SSSR count). The zero-order chi connectivity index (χ0) is 19.9. The van der Waals surface area contributed by atoms with Gasteiger partial charge >= 0.3 is 0 Å². The number of thioether (sulfide) groups is 1. The summed E-state index contributed by atoms with van der Waals surface area (Å²) in [5.41, 5.74) is 0.744. The maximum absolute atomic E-state index is 12.9. The molecule has 0 aliphatic heterocycles. The summed E-state index contributed by atoms with van der Waals surface area (Å²) in [6, 6.07) is 14.0. The molecule has 6 nitrogen and oxygen atoms in total. The fourth-order valence-electron chi connectivity index (χ4n) is 2.29. The topological polar surface area (TPSA) is 69.0 Å². The second-order valence-electron chi connectivity index (χ2n) is 5.70. The summed E-state index contributed by atoms with van der Waals surface area (Å²) in [6.07, 6.45) is 0. The summed E-state index contributed by atoms with van der Waals surface area (Å²) in [6.45, 7) is 2.05. The van der Waals surface area contributed by atoms with Gasteiger partial charge in [-0.1, -0.05) is 30.1 Å². The van der Waals surface area contributed by atoms with Gasteiger partial charge in [0, 0.05) is 15.7 Å². The molecule has 0 fully saturated rings. The number of aromatic nitrogens is 3. The van der Waals surface area contributed by atoms with Gasteiger partial charge < -0.3 is 10.1 Å². The van der Waals surface area contributed by atoms with Crippen LogP contribution < -0.4 is 15.6 Å². The van der Waals surface area contributed by atoms with Crippen LogP contribution in [0.5, 0.6) is 5.75 Å². The third-order valence-corrected chi connectivity index (χ3v) is 5.08. The number of hydrogen-bond donors (Lipinski definition) is 1. The average Bonchev–Trinajstić information content (AvgIpc) is 2.70. The minimum atomic E-state index is -0.249. The predicted octanol–water partition coefficient (Wildman–Crippen LogP) is 4.98. The van der Waals surface area contributed by atoms with Crippen molar-refractivity contribution in [3.63, 3.8) is 0 Å². The number of halogens is 2. The predicted molar refractivity (Wildman–Crippen MR) is 115 cm³/mol. The van der Waals surface area contributed by atoms with Crippen LogP contribution in [0.15, 0.2) is 53.3 Å². The van der Waals surface area contributed by atoms with Crippen molar-refractivity contribution in [2.45, 2.75) is 19.4 Å². The lowest BCUT2D eigenvalue weighted by molar-refractivity contribution is 0.296. The summed E-state index contributed by atoms with van der Waals surface area (Å²) in [5, 5.41) is 12.6. The van der Waals surface area contributed by atoms with E-state index in [2.05, 4.69) is 15.5 Å². The summed E-state index contributed by atoms with van der Waals surface area (Å²) in [7, 11) is 0. The first-order valence-electron chi connectivity index (χ1n) is 8.52. The van der Waals surface area contributed by atoms with Crippen LogP contribution in [0, 0.1) is 0 Å². The Morgan fingerprint density at radius 3 is 2.32 bits per heavy atom. The van der Waals surface area contributed by atoms with Gasteiger partial charge in [-0.2, -0.15) is 0 Å². The van der Waals surface area contributed by atoms with Crippen LogP contribution in [0.4, 0.5) is 11.6 Å². The van der Waals surface area contributed by atoms with E-state index in [-0.39, 0.29) is 17.9 Å². The molecule has 0 saturated carbocycles. The van der Waals surface area contributed by atoms with Gasteiger partial charge in [0.15, 0.2) is 5.69 Å². The van der Waals surface area contributed by atoms with Crippen LogP contribution in [0.3, 0.4) is 0 Å². The van der Waals surface area contributed by atoms with Gasteiger partial charge in [-0.25, -0.2) is 0 Å². The molecule has 0 atom stereocenters. The molecule has 0 saturated heterocycles. The number of nitrogens with one attached hydrogen (secondary N) is 1. The van der Waals surface area contributed by atoms with E-state index in [1.165, 1.54) is 0 Å². The van der Waals surface area contributed by atoms with Crippen LogP contribution in [0.1, 0.15) is 12.6 Å². The first kappa shape index (κ1) is 20.5. The number of rotatable bonds is 8. The Labute approximate surface area is 176 Å². The maximum Gasteiger partial charge on any atom is 0.281 e. The zero-order valence-electron chi connectivity index (χ0n) is 15.1. The number of benzene rings is 2. The van der Waals surface area contributed by atoms with Crippen molar-refractivity contribution in [3.05, 3.63) is 74.6 Å². The molecule has 1 N–H and O–H groups in total. The lowest BCUT2D eigenvalue weighted by Gasteiger charge is -2.14. The van der Waals surface area contributed by atoms with Gasteiger partial charge in [-0.3, -0.25) is 9.36 Å². The number of hydrogen-bond acceptors (Lipinski definition) is 6. The fraction of sp³-hybridized carbons (Fsp3) is 0.211. The molecular formula is C19H18Cl2N4O2S. The molecule has 0 spiro atoms. The van der Waals surface area contributed by atoms with Crippen molar-refractivity contribution in [3.8, 4) is 5.75 Å². The Morgan fingerprint density at radius 1 is 1.04 bits per heavy atom. The minimum Gasteiger partial charge on any atom is -0.487 e. The Hall–Kier alpha value is -2.22. The highest BCUT2D eigenvalue weighted by atomic mass is 35.5. The van der Waals surface area contributed by atoms with E-state index in [0.29, 0.717) is 27.6 Å². The van der Waals surface area contributed by atoms with E-state index in [0.717, 1.165) is 11.4 Å². The van der Waals surface area contributed by atoms with Crippen LogP contribution in [0.2, 0.25) is 10.0 Å². The van der Waals surface area contributed by atoms with Crippen LogP contribution in [-0.4, -0.2) is 20.5 Å². The lowest BCUT2D eigenvalue weighted by Crippen LogP contribution is -2.29. The summed E-state index contributed by atoms with van der Waals surface area (Å²) in [5.74, 6) is 2.28. The Kier molecular flexibility index (Phi) is 7.19.